The topological polar surface area (TPSA) is 12.0 Å². The molecule has 0 bridgehead atoms. The van der Waals surface area contributed by atoms with Crippen molar-refractivity contribution in [3.63, 3.8) is 0 Å². The van der Waals surface area contributed by atoms with E-state index in [1.807, 2.05) is 6.08 Å². The van der Waals surface area contributed by atoms with Crippen LogP contribution in [-0.4, -0.2) is 12.6 Å². The van der Waals surface area contributed by atoms with Crippen molar-refractivity contribution in [2.75, 3.05) is 6.54 Å². The van der Waals surface area contributed by atoms with E-state index in [0.29, 0.717) is 11.6 Å². The van der Waals surface area contributed by atoms with Gasteiger partial charge in [0.05, 0.1) is 0 Å². The summed E-state index contributed by atoms with van der Waals surface area (Å²) in [4.78, 5) is 0. The molecule has 1 N–H and O–H groups in total. The molecule has 0 heterocycles. The van der Waals surface area contributed by atoms with E-state index in [9.17, 15) is 8.78 Å². The number of halogens is 2. The normalized spacial score (nSPS) is 15.9. The summed E-state index contributed by atoms with van der Waals surface area (Å²) in [5, 5.41) is 3.37. The van der Waals surface area contributed by atoms with E-state index in [-0.39, 0.29) is 0 Å². The van der Waals surface area contributed by atoms with Crippen molar-refractivity contribution in [1.29, 1.82) is 0 Å². The van der Waals surface area contributed by atoms with Gasteiger partial charge in [0.2, 0.25) is 0 Å². The van der Waals surface area contributed by atoms with Gasteiger partial charge in [-0.25, -0.2) is 8.78 Å². The minimum absolute atomic E-state index is 0.532. The molecule has 3 heteroatoms. The first-order valence-corrected chi connectivity index (χ1v) is 5.60. The summed E-state index contributed by atoms with van der Waals surface area (Å²) < 4.78 is 25.7. The molecule has 0 atom stereocenters. The third-order valence-electron chi connectivity index (χ3n) is 2.52. The Bertz CT molecular complexity index is 363. The van der Waals surface area contributed by atoms with Gasteiger partial charge in [-0.3, -0.25) is 0 Å². The van der Waals surface area contributed by atoms with Crippen LogP contribution >= 0.6 is 0 Å². The maximum absolute atomic E-state index is 12.8. The van der Waals surface area contributed by atoms with Crippen LogP contribution in [0.4, 0.5) is 8.78 Å². The van der Waals surface area contributed by atoms with Gasteiger partial charge in [0.25, 0.3) is 0 Å². The molecule has 0 spiro atoms. The number of benzene rings is 1. The Balaban J connectivity index is 1.79. The van der Waals surface area contributed by atoms with E-state index in [1.165, 1.54) is 25.0 Å². The highest BCUT2D eigenvalue weighted by Crippen LogP contribution is 2.18. The summed E-state index contributed by atoms with van der Waals surface area (Å²) in [6.45, 7) is 0.930. The molecule has 1 saturated carbocycles. The number of hydrogen-bond acceptors (Lipinski definition) is 1. The van der Waals surface area contributed by atoms with Crippen molar-refractivity contribution >= 4 is 6.08 Å². The lowest BCUT2D eigenvalue weighted by atomic mass is 10.2. The fourth-order valence-corrected chi connectivity index (χ4v) is 1.55. The second-order valence-electron chi connectivity index (χ2n) is 4.12. The molecule has 1 aromatic rings. The quantitative estimate of drug-likeness (QED) is 0.756. The first-order valence-electron chi connectivity index (χ1n) is 5.60. The van der Waals surface area contributed by atoms with Crippen LogP contribution in [0, 0.1) is 11.6 Å². The lowest BCUT2D eigenvalue weighted by molar-refractivity contribution is 0.583. The van der Waals surface area contributed by atoms with Gasteiger partial charge >= 0.3 is 0 Å². The van der Waals surface area contributed by atoms with Crippen LogP contribution in [0.2, 0.25) is 0 Å². The predicted molar refractivity (Wildman–Crippen MR) is 61.0 cm³/mol. The highest BCUT2D eigenvalue weighted by Gasteiger charge is 2.19. The fourth-order valence-electron chi connectivity index (χ4n) is 1.55. The molecule has 86 valence electrons. The second kappa shape index (κ2) is 5.21. The standard InChI is InChI=1S/C13H15F2N/c14-11-7-10(8-12(15)9-11)3-1-2-6-16-13-4-5-13/h1,3,7-9,13,16H,2,4-6H2. The molecule has 16 heavy (non-hydrogen) atoms. The minimum Gasteiger partial charge on any atom is -0.314 e. The van der Waals surface area contributed by atoms with E-state index >= 15 is 0 Å². The molecule has 2 rings (SSSR count). The predicted octanol–water partition coefficient (Wildman–Crippen LogP) is 3.12. The molecule has 1 aromatic carbocycles. The van der Waals surface area contributed by atoms with Crippen LogP contribution in [0.5, 0.6) is 0 Å². The van der Waals surface area contributed by atoms with Gasteiger partial charge in [-0.05, 0) is 43.5 Å². The Morgan fingerprint density at radius 1 is 1.19 bits per heavy atom. The van der Waals surface area contributed by atoms with Crippen molar-refractivity contribution in [3.8, 4) is 0 Å². The Morgan fingerprint density at radius 3 is 2.50 bits per heavy atom. The molecule has 0 aromatic heterocycles. The van der Waals surface area contributed by atoms with Crippen LogP contribution in [-0.2, 0) is 0 Å². The Morgan fingerprint density at radius 2 is 1.88 bits per heavy atom. The molecular weight excluding hydrogens is 208 g/mol. The van der Waals surface area contributed by atoms with Crippen molar-refractivity contribution < 1.29 is 8.78 Å². The van der Waals surface area contributed by atoms with Gasteiger partial charge < -0.3 is 5.32 Å². The lowest BCUT2D eigenvalue weighted by Gasteiger charge is -1.98. The zero-order valence-corrected chi connectivity index (χ0v) is 9.05. The number of hydrogen-bond donors (Lipinski definition) is 1. The van der Waals surface area contributed by atoms with Crippen LogP contribution in [0.3, 0.4) is 0 Å². The Hall–Kier alpha value is -1.22. The van der Waals surface area contributed by atoms with Crippen molar-refractivity contribution in [2.24, 2.45) is 0 Å². The van der Waals surface area contributed by atoms with Gasteiger partial charge in [-0.2, -0.15) is 0 Å². The van der Waals surface area contributed by atoms with E-state index in [1.54, 1.807) is 6.08 Å². The average molecular weight is 223 g/mol. The van der Waals surface area contributed by atoms with Crippen molar-refractivity contribution in [1.82, 2.24) is 5.32 Å². The zero-order valence-electron chi connectivity index (χ0n) is 9.05. The minimum atomic E-state index is -0.532. The van der Waals surface area contributed by atoms with E-state index < -0.39 is 11.6 Å². The van der Waals surface area contributed by atoms with E-state index in [4.69, 9.17) is 0 Å². The fraction of sp³-hybridized carbons (Fsp3) is 0.385. The molecule has 0 unspecified atom stereocenters. The maximum Gasteiger partial charge on any atom is 0.126 e. The zero-order chi connectivity index (χ0) is 11.4. The van der Waals surface area contributed by atoms with Crippen LogP contribution in [0.25, 0.3) is 6.08 Å². The summed E-state index contributed by atoms with van der Waals surface area (Å²) in [5.74, 6) is -1.06. The molecule has 1 nitrogen and oxygen atoms in total. The SMILES string of the molecule is Fc1cc(F)cc(C=CCCNC2CC2)c1. The second-order valence-corrected chi connectivity index (χ2v) is 4.12. The lowest BCUT2D eigenvalue weighted by Crippen LogP contribution is -2.16. The van der Waals surface area contributed by atoms with Gasteiger partial charge in [0.1, 0.15) is 11.6 Å². The van der Waals surface area contributed by atoms with Crippen molar-refractivity contribution in [3.05, 3.63) is 41.5 Å². The molecule has 1 fully saturated rings. The molecule has 0 amide bonds. The van der Waals surface area contributed by atoms with Crippen LogP contribution in [0.15, 0.2) is 24.3 Å². The summed E-state index contributed by atoms with van der Waals surface area (Å²) in [6.07, 6.45) is 7.12. The average Bonchev–Trinajstić information content (AvgIpc) is 2.99. The van der Waals surface area contributed by atoms with Crippen molar-refractivity contribution in [2.45, 2.75) is 25.3 Å². The molecular formula is C13H15F2N. The van der Waals surface area contributed by atoms with Gasteiger partial charge in [-0.1, -0.05) is 12.2 Å². The summed E-state index contributed by atoms with van der Waals surface area (Å²) in [5.41, 5.74) is 0.573. The number of rotatable bonds is 5. The Labute approximate surface area is 94.2 Å². The molecule has 0 radical (unpaired) electrons. The molecule has 1 aliphatic rings. The summed E-state index contributed by atoms with van der Waals surface area (Å²) >= 11 is 0. The third-order valence-corrected chi connectivity index (χ3v) is 2.52. The highest BCUT2D eigenvalue weighted by molar-refractivity contribution is 5.49. The third kappa shape index (κ3) is 3.74. The largest absolute Gasteiger partial charge is 0.314 e. The first-order chi connectivity index (χ1) is 7.74. The van der Waals surface area contributed by atoms with Gasteiger partial charge in [-0.15, -0.1) is 0 Å². The summed E-state index contributed by atoms with van der Waals surface area (Å²) in [7, 11) is 0. The summed E-state index contributed by atoms with van der Waals surface area (Å²) in [6, 6.07) is 4.24. The molecule has 0 aliphatic heterocycles. The highest BCUT2D eigenvalue weighted by atomic mass is 19.1. The van der Waals surface area contributed by atoms with Gasteiger partial charge in [0, 0.05) is 12.1 Å². The monoisotopic (exact) mass is 223 g/mol. The number of nitrogens with one attached hydrogen (secondary N) is 1. The van der Waals surface area contributed by atoms with E-state index in [0.717, 1.165) is 19.0 Å². The van der Waals surface area contributed by atoms with Gasteiger partial charge in [0.15, 0.2) is 0 Å². The molecule has 1 aliphatic carbocycles. The molecule has 0 saturated heterocycles. The maximum atomic E-state index is 12.8. The smallest absolute Gasteiger partial charge is 0.126 e. The Kier molecular flexibility index (Phi) is 3.67. The first kappa shape index (κ1) is 11.3. The van der Waals surface area contributed by atoms with Crippen LogP contribution < -0.4 is 5.32 Å². The van der Waals surface area contributed by atoms with E-state index in [2.05, 4.69) is 5.32 Å². The van der Waals surface area contributed by atoms with Crippen LogP contribution in [0.1, 0.15) is 24.8 Å².